The minimum Gasteiger partial charge on any atom is -0.496 e. The van der Waals surface area contributed by atoms with E-state index >= 15 is 0 Å². The number of halogens is 4. The molecule has 2 rings (SSSR count). The van der Waals surface area contributed by atoms with E-state index in [1.165, 1.54) is 12.1 Å². The Morgan fingerprint density at radius 1 is 1.16 bits per heavy atom. The summed E-state index contributed by atoms with van der Waals surface area (Å²) in [5.41, 5.74) is 1.54. The average molecular weight is 408 g/mol. The SMILES string of the molecule is COc1ccc(F)cc1C(Br)c1cc(Br)ccc1Cl. The smallest absolute Gasteiger partial charge is 0.123 e. The highest BCUT2D eigenvalue weighted by Crippen LogP contribution is 2.40. The Hall–Kier alpha value is -0.580. The van der Waals surface area contributed by atoms with E-state index in [0.29, 0.717) is 16.3 Å². The van der Waals surface area contributed by atoms with E-state index in [1.54, 1.807) is 19.2 Å². The van der Waals surface area contributed by atoms with Crippen molar-refractivity contribution in [3.05, 3.63) is 62.8 Å². The van der Waals surface area contributed by atoms with Crippen LogP contribution in [0, 0.1) is 5.82 Å². The van der Waals surface area contributed by atoms with E-state index < -0.39 is 0 Å². The van der Waals surface area contributed by atoms with Crippen molar-refractivity contribution in [2.45, 2.75) is 4.83 Å². The van der Waals surface area contributed by atoms with Crippen molar-refractivity contribution in [1.82, 2.24) is 0 Å². The van der Waals surface area contributed by atoms with Gasteiger partial charge in [0.05, 0.1) is 11.9 Å². The fraction of sp³-hybridized carbons (Fsp3) is 0.143. The number of alkyl halides is 1. The predicted octanol–water partition coefficient (Wildman–Crippen LogP) is 5.73. The van der Waals surface area contributed by atoms with E-state index in [4.69, 9.17) is 16.3 Å². The molecule has 5 heteroatoms. The van der Waals surface area contributed by atoms with Gasteiger partial charge in [-0.1, -0.05) is 43.5 Å². The van der Waals surface area contributed by atoms with Crippen LogP contribution >= 0.6 is 43.5 Å². The van der Waals surface area contributed by atoms with Crippen molar-refractivity contribution >= 4 is 43.5 Å². The molecule has 0 aliphatic heterocycles. The van der Waals surface area contributed by atoms with Crippen molar-refractivity contribution < 1.29 is 9.13 Å². The van der Waals surface area contributed by atoms with Gasteiger partial charge in [-0.3, -0.25) is 0 Å². The van der Waals surface area contributed by atoms with E-state index in [-0.39, 0.29) is 10.6 Å². The Kier molecular flexibility index (Phi) is 4.87. The Bertz CT molecular complexity index is 604. The second kappa shape index (κ2) is 6.25. The molecule has 0 radical (unpaired) electrons. The van der Waals surface area contributed by atoms with Gasteiger partial charge in [0.2, 0.25) is 0 Å². The van der Waals surface area contributed by atoms with Crippen molar-refractivity contribution in [2.24, 2.45) is 0 Å². The van der Waals surface area contributed by atoms with E-state index in [9.17, 15) is 4.39 Å². The maximum Gasteiger partial charge on any atom is 0.123 e. The Morgan fingerprint density at radius 2 is 1.89 bits per heavy atom. The summed E-state index contributed by atoms with van der Waals surface area (Å²) in [4.78, 5) is -0.247. The Morgan fingerprint density at radius 3 is 2.58 bits per heavy atom. The third kappa shape index (κ3) is 3.30. The quantitative estimate of drug-likeness (QED) is 0.589. The second-order valence-electron chi connectivity index (χ2n) is 3.91. The molecule has 1 atom stereocenters. The van der Waals surface area contributed by atoms with Crippen LogP contribution in [-0.2, 0) is 0 Å². The monoisotopic (exact) mass is 406 g/mol. The summed E-state index contributed by atoms with van der Waals surface area (Å²) in [5, 5.41) is 0.608. The summed E-state index contributed by atoms with van der Waals surface area (Å²) in [6.07, 6.45) is 0. The standard InChI is InChI=1S/C14H10Br2ClFO/c1-19-13-5-3-9(18)7-11(13)14(16)10-6-8(15)2-4-12(10)17/h2-7,14H,1H3. The largest absolute Gasteiger partial charge is 0.496 e. The first-order valence-electron chi connectivity index (χ1n) is 5.45. The van der Waals surface area contributed by atoms with Crippen LogP contribution in [0.1, 0.15) is 16.0 Å². The van der Waals surface area contributed by atoms with Gasteiger partial charge in [-0.15, -0.1) is 0 Å². The van der Waals surface area contributed by atoms with Gasteiger partial charge in [-0.05, 0) is 42.0 Å². The van der Waals surface area contributed by atoms with Gasteiger partial charge in [0, 0.05) is 15.1 Å². The molecule has 0 aliphatic carbocycles. The number of ether oxygens (including phenoxy) is 1. The first-order chi connectivity index (χ1) is 9.02. The number of rotatable bonds is 3. The molecule has 0 aromatic heterocycles. The van der Waals surface area contributed by atoms with Gasteiger partial charge in [-0.25, -0.2) is 4.39 Å². The summed E-state index contributed by atoms with van der Waals surface area (Å²) in [6, 6.07) is 9.95. The molecular weight excluding hydrogens is 398 g/mol. The maximum atomic E-state index is 13.4. The van der Waals surface area contributed by atoms with Crippen LogP contribution in [0.25, 0.3) is 0 Å². The zero-order valence-corrected chi connectivity index (χ0v) is 13.9. The number of hydrogen-bond acceptors (Lipinski definition) is 1. The molecule has 0 saturated carbocycles. The summed E-state index contributed by atoms with van der Waals surface area (Å²) in [6.45, 7) is 0. The predicted molar refractivity (Wildman–Crippen MR) is 82.9 cm³/mol. The highest BCUT2D eigenvalue weighted by Gasteiger charge is 2.19. The van der Waals surface area contributed by atoms with Gasteiger partial charge < -0.3 is 4.74 Å². The van der Waals surface area contributed by atoms with Crippen molar-refractivity contribution in [3.63, 3.8) is 0 Å². The average Bonchev–Trinajstić information content (AvgIpc) is 2.40. The van der Waals surface area contributed by atoms with Crippen LogP contribution in [0.2, 0.25) is 5.02 Å². The van der Waals surface area contributed by atoms with Crippen molar-refractivity contribution in [1.29, 1.82) is 0 Å². The highest BCUT2D eigenvalue weighted by molar-refractivity contribution is 9.10. The van der Waals surface area contributed by atoms with Crippen LogP contribution in [0.3, 0.4) is 0 Å². The molecule has 0 bridgehead atoms. The van der Waals surface area contributed by atoms with Gasteiger partial charge in [-0.2, -0.15) is 0 Å². The first-order valence-corrected chi connectivity index (χ1v) is 7.54. The molecule has 0 aliphatic rings. The lowest BCUT2D eigenvalue weighted by Gasteiger charge is -2.16. The molecule has 100 valence electrons. The zero-order chi connectivity index (χ0) is 14.0. The molecule has 0 heterocycles. The van der Waals surface area contributed by atoms with Gasteiger partial charge >= 0.3 is 0 Å². The minimum atomic E-state index is -0.314. The summed E-state index contributed by atoms with van der Waals surface area (Å²) < 4.78 is 19.6. The number of benzene rings is 2. The molecule has 1 nitrogen and oxygen atoms in total. The van der Waals surface area contributed by atoms with E-state index in [2.05, 4.69) is 31.9 Å². The van der Waals surface area contributed by atoms with Gasteiger partial charge in [0.1, 0.15) is 11.6 Å². The molecule has 2 aromatic carbocycles. The van der Waals surface area contributed by atoms with Crippen molar-refractivity contribution in [3.8, 4) is 5.75 Å². The molecule has 2 aromatic rings. The molecule has 0 saturated heterocycles. The van der Waals surface area contributed by atoms with Crippen LogP contribution in [-0.4, -0.2) is 7.11 Å². The molecular formula is C14H10Br2ClFO. The summed E-state index contributed by atoms with van der Waals surface area (Å²) >= 11 is 13.1. The fourth-order valence-electron chi connectivity index (χ4n) is 1.78. The highest BCUT2D eigenvalue weighted by atomic mass is 79.9. The second-order valence-corrected chi connectivity index (χ2v) is 6.15. The number of methoxy groups -OCH3 is 1. The third-order valence-corrected chi connectivity index (χ3v) is 4.52. The van der Waals surface area contributed by atoms with Crippen LogP contribution < -0.4 is 4.74 Å². The van der Waals surface area contributed by atoms with Crippen LogP contribution in [0.5, 0.6) is 5.75 Å². The zero-order valence-electron chi connectivity index (χ0n) is 9.96. The lowest BCUT2D eigenvalue weighted by Crippen LogP contribution is -1.99. The van der Waals surface area contributed by atoms with Crippen LogP contribution in [0.4, 0.5) is 4.39 Å². The molecule has 0 fully saturated rings. The maximum absolute atomic E-state index is 13.4. The molecule has 19 heavy (non-hydrogen) atoms. The van der Waals surface area contributed by atoms with Gasteiger partial charge in [0.25, 0.3) is 0 Å². The van der Waals surface area contributed by atoms with Crippen molar-refractivity contribution in [2.75, 3.05) is 7.11 Å². The van der Waals surface area contributed by atoms with Crippen LogP contribution in [0.15, 0.2) is 40.9 Å². The summed E-state index contributed by atoms with van der Waals surface area (Å²) in [5.74, 6) is 0.297. The Labute approximate surface area is 133 Å². The third-order valence-electron chi connectivity index (χ3n) is 2.70. The molecule has 0 spiro atoms. The van der Waals surface area contributed by atoms with E-state index in [1.807, 2.05) is 12.1 Å². The minimum absolute atomic E-state index is 0.247. The molecule has 0 amide bonds. The topological polar surface area (TPSA) is 9.23 Å². The normalized spacial score (nSPS) is 12.3. The molecule has 1 unspecified atom stereocenters. The first kappa shape index (κ1) is 14.8. The number of hydrogen-bond donors (Lipinski definition) is 0. The Balaban J connectivity index is 2.51. The van der Waals surface area contributed by atoms with E-state index in [0.717, 1.165) is 10.0 Å². The molecule has 0 N–H and O–H groups in total. The lowest BCUT2D eigenvalue weighted by atomic mass is 10.0. The lowest BCUT2D eigenvalue weighted by molar-refractivity contribution is 0.409. The fourth-order valence-corrected chi connectivity index (χ4v) is 3.25. The summed E-state index contributed by atoms with van der Waals surface area (Å²) in [7, 11) is 1.55. The van der Waals surface area contributed by atoms with Gasteiger partial charge in [0.15, 0.2) is 0 Å².